The van der Waals surface area contributed by atoms with E-state index < -0.39 is 17.3 Å². The van der Waals surface area contributed by atoms with E-state index in [1.165, 1.54) is 0 Å². The molecule has 2 N–H and O–H groups in total. The summed E-state index contributed by atoms with van der Waals surface area (Å²) < 4.78 is 10.8. The highest BCUT2D eigenvalue weighted by Crippen LogP contribution is 2.36. The van der Waals surface area contributed by atoms with E-state index in [1.807, 2.05) is 18.2 Å². The van der Waals surface area contributed by atoms with Crippen molar-refractivity contribution in [3.8, 4) is 0 Å². The van der Waals surface area contributed by atoms with Gasteiger partial charge in [0.05, 0.1) is 11.3 Å². The molecule has 6 nitrogen and oxygen atoms in total. The number of benzene rings is 1. The predicted molar refractivity (Wildman–Crippen MR) is 101 cm³/mol. The van der Waals surface area contributed by atoms with Gasteiger partial charge < -0.3 is 19.9 Å². The Hall–Kier alpha value is -1.63. The zero-order valence-electron chi connectivity index (χ0n) is 15.3. The maximum absolute atomic E-state index is 13.2. The Kier molecular flexibility index (Phi) is 6.73. The molecule has 1 unspecified atom stereocenters. The number of rotatable bonds is 6. The van der Waals surface area contributed by atoms with Gasteiger partial charge in [-0.25, -0.2) is 0 Å². The quantitative estimate of drug-likeness (QED) is 0.773. The van der Waals surface area contributed by atoms with Crippen LogP contribution in [0.15, 0.2) is 24.3 Å². The summed E-state index contributed by atoms with van der Waals surface area (Å²) in [4.78, 5) is 25.0. The smallest absolute Gasteiger partial charge is 0.308 e. The number of amides is 1. The van der Waals surface area contributed by atoms with Crippen molar-refractivity contribution in [3.05, 3.63) is 34.9 Å². The molecule has 2 saturated heterocycles. The Morgan fingerprint density at radius 3 is 2.48 bits per heavy atom. The number of carboxylic acid groups (broad SMARTS) is 1. The van der Waals surface area contributed by atoms with E-state index in [9.17, 15) is 14.7 Å². The molecular formula is C20H26ClNO5. The highest BCUT2D eigenvalue weighted by atomic mass is 35.5. The van der Waals surface area contributed by atoms with Crippen LogP contribution >= 0.6 is 11.6 Å². The van der Waals surface area contributed by atoms with Crippen molar-refractivity contribution in [2.75, 3.05) is 33.0 Å². The Balaban J connectivity index is 1.75. The number of carboxylic acids is 1. The summed E-state index contributed by atoms with van der Waals surface area (Å²) in [7, 11) is 0. The van der Waals surface area contributed by atoms with Gasteiger partial charge in [0, 0.05) is 38.0 Å². The zero-order valence-corrected chi connectivity index (χ0v) is 16.0. The monoisotopic (exact) mass is 395 g/mol. The highest BCUT2D eigenvalue weighted by Gasteiger charge is 2.42. The second-order valence-corrected chi connectivity index (χ2v) is 7.75. The third-order valence-electron chi connectivity index (χ3n) is 5.79. The number of hydrogen-bond donors (Lipinski definition) is 2. The second-order valence-electron chi connectivity index (χ2n) is 7.31. The first-order valence-corrected chi connectivity index (χ1v) is 9.83. The maximum atomic E-state index is 13.2. The van der Waals surface area contributed by atoms with E-state index in [-0.39, 0.29) is 18.4 Å². The van der Waals surface area contributed by atoms with Gasteiger partial charge in [0.1, 0.15) is 0 Å². The molecular weight excluding hydrogens is 370 g/mol. The van der Waals surface area contributed by atoms with Crippen molar-refractivity contribution >= 4 is 23.5 Å². The molecule has 0 radical (unpaired) electrons. The fourth-order valence-corrected chi connectivity index (χ4v) is 4.29. The van der Waals surface area contributed by atoms with Crippen molar-refractivity contribution in [2.45, 2.75) is 31.1 Å². The number of nitrogens with one attached hydrogen (secondary N) is 1. The summed E-state index contributed by atoms with van der Waals surface area (Å²) in [6, 6.07) is 7.34. The molecule has 1 amide bonds. The third kappa shape index (κ3) is 4.62. The van der Waals surface area contributed by atoms with Crippen LogP contribution < -0.4 is 5.32 Å². The van der Waals surface area contributed by atoms with Crippen LogP contribution in [0.4, 0.5) is 0 Å². The molecule has 1 atom stereocenters. The van der Waals surface area contributed by atoms with Gasteiger partial charge in [-0.05, 0) is 49.3 Å². The molecule has 1 aromatic rings. The SMILES string of the molecule is O=C(O)C(CNC(=O)C1(c2cccc(Cl)c2)CCOCC1)C1CCOCC1. The largest absolute Gasteiger partial charge is 0.481 e. The van der Waals surface area contributed by atoms with Gasteiger partial charge in [-0.2, -0.15) is 0 Å². The molecule has 0 spiro atoms. The average Bonchev–Trinajstić information content (AvgIpc) is 2.69. The van der Waals surface area contributed by atoms with Crippen LogP contribution in [0, 0.1) is 11.8 Å². The lowest BCUT2D eigenvalue weighted by Gasteiger charge is -2.37. The average molecular weight is 396 g/mol. The first-order valence-electron chi connectivity index (χ1n) is 9.45. The fourth-order valence-electron chi connectivity index (χ4n) is 4.10. The van der Waals surface area contributed by atoms with Gasteiger partial charge in [-0.3, -0.25) is 9.59 Å². The van der Waals surface area contributed by atoms with Crippen molar-refractivity contribution in [3.63, 3.8) is 0 Å². The minimum absolute atomic E-state index is 0.0216. The first-order chi connectivity index (χ1) is 13.0. The summed E-state index contributed by atoms with van der Waals surface area (Å²) >= 11 is 6.15. The molecule has 0 saturated carbocycles. The van der Waals surface area contributed by atoms with E-state index >= 15 is 0 Å². The van der Waals surface area contributed by atoms with E-state index in [2.05, 4.69) is 5.32 Å². The minimum atomic E-state index is -0.869. The van der Waals surface area contributed by atoms with Gasteiger partial charge in [0.2, 0.25) is 5.91 Å². The molecule has 2 fully saturated rings. The van der Waals surface area contributed by atoms with Gasteiger partial charge in [0.15, 0.2) is 0 Å². The van der Waals surface area contributed by atoms with Crippen molar-refractivity contribution < 1.29 is 24.2 Å². The molecule has 148 valence electrons. The van der Waals surface area contributed by atoms with Crippen LogP contribution in [-0.2, 0) is 24.5 Å². The third-order valence-corrected chi connectivity index (χ3v) is 6.03. The Morgan fingerprint density at radius 1 is 1.19 bits per heavy atom. The fraction of sp³-hybridized carbons (Fsp3) is 0.600. The normalized spacial score (nSPS) is 21.4. The Bertz CT molecular complexity index is 668. The summed E-state index contributed by atoms with van der Waals surface area (Å²) in [5, 5.41) is 13.1. The molecule has 2 aliphatic heterocycles. The summed E-state index contributed by atoms with van der Waals surface area (Å²) in [5.41, 5.74) is 0.121. The Morgan fingerprint density at radius 2 is 1.85 bits per heavy atom. The number of hydrogen-bond acceptors (Lipinski definition) is 4. The first kappa shape index (κ1) is 20.1. The summed E-state index contributed by atoms with van der Waals surface area (Å²) in [6.45, 7) is 2.25. The number of carbonyl (C=O) groups is 2. The second kappa shape index (κ2) is 9.04. The van der Waals surface area contributed by atoms with Gasteiger partial charge in [-0.1, -0.05) is 23.7 Å². The van der Waals surface area contributed by atoms with Crippen LogP contribution in [-0.4, -0.2) is 50.0 Å². The molecule has 0 bridgehead atoms. The minimum Gasteiger partial charge on any atom is -0.481 e. The molecule has 0 aliphatic carbocycles. The predicted octanol–water partition coefficient (Wildman–Crippen LogP) is 2.63. The van der Waals surface area contributed by atoms with Gasteiger partial charge in [0.25, 0.3) is 0 Å². The molecule has 0 aromatic heterocycles. The van der Waals surface area contributed by atoms with Crippen LogP contribution in [0.2, 0.25) is 5.02 Å². The standard InChI is InChI=1S/C20H26ClNO5/c21-16-3-1-2-15(12-16)20(6-10-27-11-7-20)19(25)22-13-17(18(23)24)14-4-8-26-9-5-14/h1-3,12,14,17H,4-11,13H2,(H,22,25)(H,23,24). The molecule has 7 heteroatoms. The topological polar surface area (TPSA) is 84.9 Å². The molecule has 27 heavy (non-hydrogen) atoms. The number of carbonyl (C=O) groups excluding carboxylic acids is 1. The van der Waals surface area contributed by atoms with Gasteiger partial charge >= 0.3 is 5.97 Å². The number of halogens is 1. The molecule has 2 heterocycles. The summed E-state index contributed by atoms with van der Waals surface area (Å²) in [6.07, 6.45) is 2.52. The van der Waals surface area contributed by atoms with Crippen LogP contribution in [0.5, 0.6) is 0 Å². The maximum Gasteiger partial charge on any atom is 0.308 e. The lowest BCUT2D eigenvalue weighted by Crippen LogP contribution is -2.50. The van der Waals surface area contributed by atoms with E-state index in [0.717, 1.165) is 5.56 Å². The summed E-state index contributed by atoms with van der Waals surface area (Å²) in [5.74, 6) is -1.60. The molecule has 2 aliphatic rings. The lowest BCUT2D eigenvalue weighted by atomic mass is 9.73. The zero-order chi connectivity index (χ0) is 19.3. The molecule has 1 aromatic carbocycles. The molecule has 3 rings (SSSR count). The van der Waals surface area contributed by atoms with E-state index in [1.54, 1.807) is 6.07 Å². The van der Waals surface area contributed by atoms with Crippen molar-refractivity contribution in [1.29, 1.82) is 0 Å². The van der Waals surface area contributed by atoms with Crippen LogP contribution in [0.3, 0.4) is 0 Å². The van der Waals surface area contributed by atoms with E-state index in [4.69, 9.17) is 21.1 Å². The van der Waals surface area contributed by atoms with Crippen LogP contribution in [0.1, 0.15) is 31.2 Å². The van der Waals surface area contributed by atoms with Crippen molar-refractivity contribution in [1.82, 2.24) is 5.32 Å². The van der Waals surface area contributed by atoms with Crippen LogP contribution in [0.25, 0.3) is 0 Å². The lowest BCUT2D eigenvalue weighted by molar-refractivity contribution is -0.145. The number of ether oxygens (including phenoxy) is 2. The van der Waals surface area contributed by atoms with Gasteiger partial charge in [-0.15, -0.1) is 0 Å². The Labute approximate surface area is 164 Å². The van der Waals surface area contributed by atoms with Crippen molar-refractivity contribution in [2.24, 2.45) is 11.8 Å². The highest BCUT2D eigenvalue weighted by molar-refractivity contribution is 6.30. The number of aliphatic carboxylic acids is 1. The van der Waals surface area contributed by atoms with E-state index in [0.29, 0.717) is 57.1 Å².